The number of nitrogens with two attached hydrogens (primary N) is 1. The van der Waals surface area contributed by atoms with E-state index in [9.17, 15) is 0 Å². The van der Waals surface area contributed by atoms with Gasteiger partial charge in [-0.25, -0.2) is 0 Å². The molecule has 0 radical (unpaired) electrons. The molecule has 0 aliphatic carbocycles. The number of nitrogen functional groups attached to an aromatic ring is 1. The summed E-state index contributed by atoms with van der Waals surface area (Å²) < 4.78 is 5.58. The van der Waals surface area contributed by atoms with Crippen molar-refractivity contribution >= 4 is 17.3 Å². The summed E-state index contributed by atoms with van der Waals surface area (Å²) in [6, 6.07) is 6.19. The highest BCUT2D eigenvalue weighted by Gasteiger charge is 2.27. The zero-order chi connectivity index (χ0) is 12.4. The molecular weight excluding hydrogens is 236 g/mol. The summed E-state index contributed by atoms with van der Waals surface area (Å²) in [5.74, 6) is 0. The number of halogens is 1. The Morgan fingerprint density at radius 1 is 1.47 bits per heavy atom. The molecular formula is C13H19ClN2O. The Bertz CT molecular complexity index is 377. The summed E-state index contributed by atoms with van der Waals surface area (Å²) >= 11 is 6.00. The molecule has 2 atom stereocenters. The second-order valence-corrected chi connectivity index (χ2v) is 5.18. The van der Waals surface area contributed by atoms with Gasteiger partial charge in [0.1, 0.15) is 0 Å². The van der Waals surface area contributed by atoms with Gasteiger partial charge in [0, 0.05) is 29.9 Å². The Hall–Kier alpha value is -0.770. The number of anilines is 1. The SMILES string of the molecule is CC1OCCC1N(C)Cc1cc(N)cc(Cl)c1. The van der Waals surface area contributed by atoms with E-state index in [0.717, 1.165) is 30.8 Å². The molecule has 4 heteroatoms. The van der Waals surface area contributed by atoms with E-state index >= 15 is 0 Å². The maximum absolute atomic E-state index is 6.00. The van der Waals surface area contributed by atoms with Gasteiger partial charge in [-0.15, -0.1) is 0 Å². The standard InChI is InChI=1S/C13H19ClN2O/c1-9-13(3-4-17-9)16(2)8-10-5-11(14)7-12(15)6-10/h5-7,9,13H,3-4,8,15H2,1-2H3. The van der Waals surface area contributed by atoms with E-state index in [2.05, 4.69) is 18.9 Å². The lowest BCUT2D eigenvalue weighted by Crippen LogP contribution is -2.36. The molecule has 1 heterocycles. The molecule has 2 rings (SSSR count). The first-order chi connectivity index (χ1) is 8.06. The Kier molecular flexibility index (Phi) is 3.92. The highest BCUT2D eigenvalue weighted by Crippen LogP contribution is 2.22. The van der Waals surface area contributed by atoms with Gasteiger partial charge in [-0.2, -0.15) is 0 Å². The zero-order valence-corrected chi connectivity index (χ0v) is 11.1. The molecule has 3 nitrogen and oxygen atoms in total. The first-order valence-corrected chi connectivity index (χ1v) is 6.31. The zero-order valence-electron chi connectivity index (χ0n) is 10.3. The van der Waals surface area contributed by atoms with Crippen LogP contribution in [0.15, 0.2) is 18.2 Å². The Labute approximate surface area is 107 Å². The summed E-state index contributed by atoms with van der Waals surface area (Å²) in [6.45, 7) is 3.83. The van der Waals surface area contributed by atoms with Crippen LogP contribution in [0.1, 0.15) is 18.9 Å². The van der Waals surface area contributed by atoms with Crippen LogP contribution in [0, 0.1) is 0 Å². The maximum atomic E-state index is 6.00. The van der Waals surface area contributed by atoms with Crippen LogP contribution in [0.25, 0.3) is 0 Å². The second-order valence-electron chi connectivity index (χ2n) is 4.74. The van der Waals surface area contributed by atoms with E-state index in [1.54, 1.807) is 6.07 Å². The fraction of sp³-hybridized carbons (Fsp3) is 0.538. The first-order valence-electron chi connectivity index (χ1n) is 5.93. The topological polar surface area (TPSA) is 38.5 Å². The van der Waals surface area contributed by atoms with Gasteiger partial charge in [-0.05, 0) is 44.2 Å². The molecule has 0 aromatic heterocycles. The summed E-state index contributed by atoms with van der Waals surface area (Å²) in [7, 11) is 2.12. The van der Waals surface area contributed by atoms with Crippen molar-refractivity contribution in [2.75, 3.05) is 19.4 Å². The van der Waals surface area contributed by atoms with Gasteiger partial charge in [0.05, 0.1) is 6.10 Å². The lowest BCUT2D eigenvalue weighted by atomic mass is 10.1. The third-order valence-corrected chi connectivity index (χ3v) is 3.53. The number of rotatable bonds is 3. The average molecular weight is 255 g/mol. The van der Waals surface area contributed by atoms with Gasteiger partial charge in [0.15, 0.2) is 0 Å². The molecule has 17 heavy (non-hydrogen) atoms. The van der Waals surface area contributed by atoms with E-state index in [4.69, 9.17) is 22.1 Å². The molecule has 1 fully saturated rings. The fourth-order valence-electron chi connectivity index (χ4n) is 2.47. The molecule has 1 aliphatic heterocycles. The number of likely N-dealkylation sites (N-methyl/N-ethyl adjacent to an activating group) is 1. The van der Waals surface area contributed by atoms with Crippen molar-refractivity contribution in [1.82, 2.24) is 4.90 Å². The van der Waals surface area contributed by atoms with Crippen LogP contribution < -0.4 is 5.73 Å². The number of hydrogen-bond acceptors (Lipinski definition) is 3. The number of ether oxygens (including phenoxy) is 1. The normalized spacial score (nSPS) is 24.5. The van der Waals surface area contributed by atoms with Crippen molar-refractivity contribution in [3.8, 4) is 0 Å². The molecule has 1 aromatic rings. The summed E-state index contributed by atoms with van der Waals surface area (Å²) in [5.41, 5.74) is 7.66. The van der Waals surface area contributed by atoms with Crippen LogP contribution in [0.4, 0.5) is 5.69 Å². The lowest BCUT2D eigenvalue weighted by molar-refractivity contribution is 0.0814. The van der Waals surface area contributed by atoms with Crippen LogP contribution >= 0.6 is 11.6 Å². The Morgan fingerprint density at radius 3 is 2.82 bits per heavy atom. The fourth-order valence-corrected chi connectivity index (χ4v) is 2.74. The van der Waals surface area contributed by atoms with Crippen LogP contribution in [0.2, 0.25) is 5.02 Å². The molecule has 2 unspecified atom stereocenters. The van der Waals surface area contributed by atoms with Gasteiger partial charge in [0.25, 0.3) is 0 Å². The summed E-state index contributed by atoms with van der Waals surface area (Å²) in [5, 5.41) is 0.698. The van der Waals surface area contributed by atoms with E-state index < -0.39 is 0 Å². The van der Waals surface area contributed by atoms with Gasteiger partial charge in [-0.1, -0.05) is 11.6 Å². The first kappa shape index (κ1) is 12.7. The van der Waals surface area contributed by atoms with Crippen LogP contribution in [0.5, 0.6) is 0 Å². The molecule has 1 aliphatic rings. The molecule has 0 bridgehead atoms. The second kappa shape index (κ2) is 5.25. The van der Waals surface area contributed by atoms with Crippen molar-refractivity contribution in [2.45, 2.75) is 32.0 Å². The van der Waals surface area contributed by atoms with Crippen molar-refractivity contribution in [1.29, 1.82) is 0 Å². The maximum Gasteiger partial charge on any atom is 0.0703 e. The quantitative estimate of drug-likeness (QED) is 0.843. The van der Waals surface area contributed by atoms with Gasteiger partial charge in [-0.3, -0.25) is 4.90 Å². The van der Waals surface area contributed by atoms with Crippen LogP contribution in [0.3, 0.4) is 0 Å². The van der Waals surface area contributed by atoms with Crippen molar-refractivity contribution < 1.29 is 4.74 Å². The van der Waals surface area contributed by atoms with E-state index in [0.29, 0.717) is 17.2 Å². The van der Waals surface area contributed by atoms with Crippen molar-refractivity contribution in [3.63, 3.8) is 0 Å². The molecule has 0 saturated carbocycles. The van der Waals surface area contributed by atoms with Crippen molar-refractivity contribution in [3.05, 3.63) is 28.8 Å². The molecule has 2 N–H and O–H groups in total. The molecule has 1 saturated heterocycles. The molecule has 1 aromatic carbocycles. The van der Waals surface area contributed by atoms with Crippen LogP contribution in [-0.2, 0) is 11.3 Å². The average Bonchev–Trinajstić information content (AvgIpc) is 2.62. The minimum atomic E-state index is 0.302. The summed E-state index contributed by atoms with van der Waals surface area (Å²) in [4.78, 5) is 2.31. The Balaban J connectivity index is 2.04. The minimum Gasteiger partial charge on any atom is -0.399 e. The highest BCUT2D eigenvalue weighted by atomic mass is 35.5. The van der Waals surface area contributed by atoms with E-state index in [-0.39, 0.29) is 0 Å². The number of nitrogens with zero attached hydrogens (tertiary/aromatic N) is 1. The largest absolute Gasteiger partial charge is 0.399 e. The van der Waals surface area contributed by atoms with Gasteiger partial charge >= 0.3 is 0 Å². The number of hydrogen-bond donors (Lipinski definition) is 1. The third-order valence-electron chi connectivity index (χ3n) is 3.31. The minimum absolute atomic E-state index is 0.302. The van der Waals surface area contributed by atoms with E-state index in [1.807, 2.05) is 12.1 Å². The van der Waals surface area contributed by atoms with Gasteiger partial charge in [0.2, 0.25) is 0 Å². The summed E-state index contributed by atoms with van der Waals surface area (Å²) in [6.07, 6.45) is 1.39. The molecule has 0 spiro atoms. The smallest absolute Gasteiger partial charge is 0.0703 e. The van der Waals surface area contributed by atoms with Gasteiger partial charge < -0.3 is 10.5 Å². The predicted molar refractivity (Wildman–Crippen MR) is 71.2 cm³/mol. The molecule has 0 amide bonds. The van der Waals surface area contributed by atoms with E-state index in [1.165, 1.54) is 0 Å². The van der Waals surface area contributed by atoms with Crippen molar-refractivity contribution in [2.24, 2.45) is 0 Å². The third kappa shape index (κ3) is 3.12. The van der Waals surface area contributed by atoms with Crippen LogP contribution in [-0.4, -0.2) is 30.7 Å². The molecule has 94 valence electrons. The monoisotopic (exact) mass is 254 g/mol. The Morgan fingerprint density at radius 2 is 2.24 bits per heavy atom. The lowest BCUT2D eigenvalue weighted by Gasteiger charge is -2.26. The number of benzene rings is 1. The predicted octanol–water partition coefficient (Wildman–Crippen LogP) is 2.53. The highest BCUT2D eigenvalue weighted by molar-refractivity contribution is 6.30.